The number of hydrogen-bond acceptors (Lipinski definition) is 4. The summed E-state index contributed by atoms with van der Waals surface area (Å²) in [5, 5.41) is 4.71. The van der Waals surface area contributed by atoms with Crippen molar-refractivity contribution in [2.75, 3.05) is 19.6 Å². The van der Waals surface area contributed by atoms with Crippen molar-refractivity contribution < 1.29 is 0 Å². The van der Waals surface area contributed by atoms with Gasteiger partial charge in [0.05, 0.1) is 5.69 Å². The number of imidazole rings is 1. The maximum absolute atomic E-state index is 5.02. The molecule has 0 atom stereocenters. The third-order valence-corrected chi connectivity index (χ3v) is 6.42. The highest BCUT2D eigenvalue weighted by atomic mass is 15.3. The van der Waals surface area contributed by atoms with Crippen molar-refractivity contribution in [1.29, 1.82) is 0 Å². The summed E-state index contributed by atoms with van der Waals surface area (Å²) < 4.78 is 4.28. The molecule has 6 heteroatoms. The predicted molar refractivity (Wildman–Crippen MR) is 128 cm³/mol. The number of fused-ring (bicyclic) bond motifs is 1. The van der Waals surface area contributed by atoms with Gasteiger partial charge in [0.1, 0.15) is 5.82 Å². The lowest BCUT2D eigenvalue weighted by molar-refractivity contribution is 0.222. The number of benzene rings is 1. The smallest absolute Gasteiger partial charge is 0.155 e. The highest BCUT2D eigenvalue weighted by Gasteiger charge is 2.14. The highest BCUT2D eigenvalue weighted by Crippen LogP contribution is 2.20. The first-order valence-electron chi connectivity index (χ1n) is 11.9. The van der Waals surface area contributed by atoms with Crippen LogP contribution in [0.4, 0.5) is 0 Å². The normalized spacial score (nSPS) is 14.9. The average molecular weight is 429 g/mol. The van der Waals surface area contributed by atoms with Gasteiger partial charge in [0.15, 0.2) is 11.5 Å². The van der Waals surface area contributed by atoms with Crippen LogP contribution in [0.15, 0.2) is 54.7 Å². The van der Waals surface area contributed by atoms with Crippen molar-refractivity contribution in [3.63, 3.8) is 0 Å². The number of piperidine rings is 1. The molecule has 4 heterocycles. The second kappa shape index (κ2) is 9.65. The summed E-state index contributed by atoms with van der Waals surface area (Å²) in [4.78, 5) is 12.3. The Labute approximate surface area is 189 Å². The third-order valence-electron chi connectivity index (χ3n) is 6.42. The van der Waals surface area contributed by atoms with Crippen LogP contribution in [0.5, 0.6) is 0 Å². The molecule has 0 unspecified atom stereocenters. The van der Waals surface area contributed by atoms with Crippen LogP contribution in [-0.4, -0.2) is 48.7 Å². The zero-order valence-electron chi connectivity index (χ0n) is 19.0. The van der Waals surface area contributed by atoms with E-state index >= 15 is 0 Å². The molecule has 1 aliphatic rings. The van der Waals surface area contributed by atoms with E-state index in [1.165, 1.54) is 44.5 Å². The van der Waals surface area contributed by atoms with Gasteiger partial charge in [0.25, 0.3) is 0 Å². The van der Waals surface area contributed by atoms with Crippen molar-refractivity contribution in [2.45, 2.75) is 52.0 Å². The lowest BCUT2D eigenvalue weighted by Gasteiger charge is -2.26. The number of aryl methyl sites for hydroxylation is 4. The minimum Gasteiger partial charge on any atom is -0.334 e. The number of rotatable bonds is 8. The molecular formula is C26H32N6. The average Bonchev–Trinajstić information content (AvgIpc) is 3.44. The van der Waals surface area contributed by atoms with Crippen LogP contribution < -0.4 is 0 Å². The second-order valence-electron chi connectivity index (χ2n) is 8.82. The summed E-state index contributed by atoms with van der Waals surface area (Å²) in [7, 11) is 0. The summed E-state index contributed by atoms with van der Waals surface area (Å²) in [6.45, 7) is 6.75. The van der Waals surface area contributed by atoms with Crippen molar-refractivity contribution in [2.24, 2.45) is 0 Å². The Morgan fingerprint density at radius 2 is 1.69 bits per heavy atom. The Kier molecular flexibility index (Phi) is 6.30. The number of nitrogens with zero attached hydrogens (tertiary/aromatic N) is 6. The molecule has 1 aliphatic heterocycles. The Balaban J connectivity index is 1.31. The highest BCUT2D eigenvalue weighted by molar-refractivity contribution is 5.58. The topological polar surface area (TPSA) is 51.2 Å². The van der Waals surface area contributed by atoms with Gasteiger partial charge in [0.2, 0.25) is 0 Å². The van der Waals surface area contributed by atoms with Gasteiger partial charge in [-0.1, -0.05) is 42.8 Å². The summed E-state index contributed by atoms with van der Waals surface area (Å²) in [5.41, 5.74) is 4.24. The zero-order valence-corrected chi connectivity index (χ0v) is 19.0. The molecule has 5 rings (SSSR count). The quantitative estimate of drug-likeness (QED) is 0.413. The zero-order chi connectivity index (χ0) is 21.8. The maximum Gasteiger partial charge on any atom is 0.155 e. The van der Waals surface area contributed by atoms with Gasteiger partial charge in [0, 0.05) is 36.8 Å². The molecule has 0 radical (unpaired) electrons. The monoisotopic (exact) mass is 428 g/mol. The molecule has 166 valence electrons. The Morgan fingerprint density at radius 1 is 0.844 bits per heavy atom. The van der Waals surface area contributed by atoms with E-state index in [9.17, 15) is 0 Å². The lowest BCUT2D eigenvalue weighted by Crippen LogP contribution is -2.31. The lowest BCUT2D eigenvalue weighted by atomic mass is 10.1. The molecule has 3 aromatic heterocycles. The summed E-state index contributed by atoms with van der Waals surface area (Å²) in [6.07, 6.45) is 9.09. The SMILES string of the molecule is Cc1cccc2nc(CCc3nc(-c4ccccc4)cn3CCCN3CCCCC3)nn12. The molecule has 0 amide bonds. The number of aromatic nitrogens is 5. The van der Waals surface area contributed by atoms with Gasteiger partial charge in [-0.05, 0) is 58.0 Å². The van der Waals surface area contributed by atoms with Gasteiger partial charge in [-0.25, -0.2) is 14.5 Å². The predicted octanol–water partition coefficient (Wildman–Crippen LogP) is 4.56. The van der Waals surface area contributed by atoms with E-state index in [0.29, 0.717) is 0 Å². The van der Waals surface area contributed by atoms with E-state index < -0.39 is 0 Å². The van der Waals surface area contributed by atoms with E-state index in [1.54, 1.807) is 0 Å². The molecule has 32 heavy (non-hydrogen) atoms. The first-order chi connectivity index (χ1) is 15.8. The summed E-state index contributed by atoms with van der Waals surface area (Å²) >= 11 is 0. The number of hydrogen-bond donors (Lipinski definition) is 0. The fraction of sp³-hybridized carbons (Fsp3) is 0.423. The Bertz CT molecular complexity index is 1150. The van der Waals surface area contributed by atoms with Gasteiger partial charge < -0.3 is 9.47 Å². The molecule has 0 aliphatic carbocycles. The van der Waals surface area contributed by atoms with Crippen LogP contribution in [0.2, 0.25) is 0 Å². The van der Waals surface area contributed by atoms with Crippen molar-refractivity contribution in [3.8, 4) is 11.3 Å². The second-order valence-corrected chi connectivity index (χ2v) is 8.82. The maximum atomic E-state index is 5.02. The van der Waals surface area contributed by atoms with Crippen LogP contribution in [-0.2, 0) is 19.4 Å². The van der Waals surface area contributed by atoms with Crippen molar-refractivity contribution >= 4 is 5.65 Å². The van der Waals surface area contributed by atoms with E-state index in [2.05, 4.69) is 59.0 Å². The molecule has 0 saturated carbocycles. The molecule has 0 spiro atoms. The molecule has 6 nitrogen and oxygen atoms in total. The van der Waals surface area contributed by atoms with E-state index in [0.717, 1.165) is 54.5 Å². The van der Waals surface area contributed by atoms with E-state index in [-0.39, 0.29) is 0 Å². The summed E-state index contributed by atoms with van der Waals surface area (Å²) in [6, 6.07) is 16.6. The fourth-order valence-electron chi connectivity index (χ4n) is 4.65. The van der Waals surface area contributed by atoms with Crippen molar-refractivity contribution in [1.82, 2.24) is 29.0 Å². The molecular weight excluding hydrogens is 396 g/mol. The van der Waals surface area contributed by atoms with Gasteiger partial charge in [-0.15, -0.1) is 0 Å². The summed E-state index contributed by atoms with van der Waals surface area (Å²) in [5.74, 6) is 2.00. The first-order valence-corrected chi connectivity index (χ1v) is 11.9. The Morgan fingerprint density at radius 3 is 2.50 bits per heavy atom. The van der Waals surface area contributed by atoms with Crippen LogP contribution in [0, 0.1) is 6.92 Å². The van der Waals surface area contributed by atoms with E-state index in [1.807, 2.05) is 16.6 Å². The standard InChI is InChI=1S/C26H32N6/c1-21-10-8-13-26-28-24(29-32(21)26)14-15-25-27-23(22-11-4-2-5-12-22)20-31(25)19-9-18-30-16-6-3-7-17-30/h2,4-5,8,10-13,20H,3,6-7,9,14-19H2,1H3. The molecule has 0 bridgehead atoms. The van der Waals surface area contributed by atoms with Gasteiger partial charge in [-0.2, -0.15) is 5.10 Å². The third kappa shape index (κ3) is 4.75. The van der Waals surface area contributed by atoms with Crippen molar-refractivity contribution in [3.05, 3.63) is 72.1 Å². The van der Waals surface area contributed by atoms with E-state index in [4.69, 9.17) is 15.1 Å². The van der Waals surface area contributed by atoms with Gasteiger partial charge >= 0.3 is 0 Å². The Hall–Kier alpha value is -2.99. The number of pyridine rings is 1. The van der Waals surface area contributed by atoms with Crippen LogP contribution in [0.3, 0.4) is 0 Å². The van der Waals surface area contributed by atoms with Crippen LogP contribution >= 0.6 is 0 Å². The van der Waals surface area contributed by atoms with Crippen LogP contribution in [0.25, 0.3) is 16.9 Å². The number of likely N-dealkylation sites (tertiary alicyclic amines) is 1. The minimum absolute atomic E-state index is 0.790. The fourth-order valence-corrected chi connectivity index (χ4v) is 4.65. The molecule has 1 saturated heterocycles. The van der Waals surface area contributed by atoms with Crippen LogP contribution in [0.1, 0.15) is 43.0 Å². The molecule has 1 fully saturated rings. The first kappa shape index (κ1) is 20.9. The molecule has 0 N–H and O–H groups in total. The minimum atomic E-state index is 0.790. The van der Waals surface area contributed by atoms with Gasteiger partial charge in [-0.3, -0.25) is 0 Å². The molecule has 1 aromatic carbocycles. The largest absolute Gasteiger partial charge is 0.334 e. The molecule has 4 aromatic rings.